The quantitative estimate of drug-likeness (QED) is 0.537. The molecule has 2 N–H and O–H groups in total. The summed E-state index contributed by atoms with van der Waals surface area (Å²) < 4.78 is 12.2. The Kier molecular flexibility index (Phi) is 7.16. The second kappa shape index (κ2) is 9.61. The summed E-state index contributed by atoms with van der Waals surface area (Å²) in [5, 5.41) is 0. The first-order chi connectivity index (χ1) is 11.7. The van der Waals surface area contributed by atoms with Crippen LogP contribution < -0.4 is 19.5 Å². The topological polar surface area (TPSA) is 90.6 Å². The molecule has 8 heteroatoms. The van der Waals surface area contributed by atoms with Crippen LogP contribution in [0.2, 0.25) is 0 Å². The molecule has 0 saturated heterocycles. The van der Waals surface area contributed by atoms with Gasteiger partial charge in [0.25, 0.3) is 0 Å². The van der Waals surface area contributed by atoms with Gasteiger partial charge < -0.3 is 15.2 Å². The fourth-order valence-electron chi connectivity index (χ4n) is 1.94. The molecule has 0 unspecified atom stereocenters. The molecule has 24 heavy (non-hydrogen) atoms. The van der Waals surface area contributed by atoms with Crippen molar-refractivity contribution in [3.63, 3.8) is 0 Å². The van der Waals surface area contributed by atoms with Crippen LogP contribution in [-0.2, 0) is 0 Å². The molecule has 0 aliphatic rings. The fourth-order valence-corrected chi connectivity index (χ4v) is 2.07. The molecule has 0 aliphatic carbocycles. The number of aromatic nitrogens is 2. The van der Waals surface area contributed by atoms with Crippen molar-refractivity contribution in [1.29, 1.82) is 0 Å². The Morgan fingerprint density at radius 1 is 1.17 bits per heavy atom. The predicted molar refractivity (Wildman–Crippen MR) is 94.4 cm³/mol. The number of carbonyl (C=O) groups is 1. The number of unbranched alkanes of at least 4 members (excludes halogenated alkanes) is 2. The number of anilines is 1. The van der Waals surface area contributed by atoms with Crippen LogP contribution in [-0.4, -0.2) is 29.2 Å². The number of thiol groups is 1. The normalized spacial score (nSPS) is 10.2. The molecule has 2 aromatic rings. The Balaban J connectivity index is 1.62. The number of nitrogens with two attached hydrogens (primary N) is 1. The van der Waals surface area contributed by atoms with Gasteiger partial charge in [0.2, 0.25) is 5.88 Å². The maximum atomic E-state index is 11.1. The van der Waals surface area contributed by atoms with Crippen molar-refractivity contribution in [1.82, 2.24) is 9.97 Å². The van der Waals surface area contributed by atoms with Gasteiger partial charge in [0.15, 0.2) is 0 Å². The molecule has 0 bridgehead atoms. The zero-order valence-electron chi connectivity index (χ0n) is 13.2. The van der Waals surface area contributed by atoms with Crippen LogP contribution in [0.25, 0.3) is 0 Å². The molecule has 0 spiro atoms. The van der Waals surface area contributed by atoms with E-state index in [4.69, 9.17) is 15.2 Å². The minimum absolute atomic E-state index is 0.571. The standard InChI is InChI=1S/C16H20N4O3S/c17-16(21)20(24)13-5-4-6-14(11-13)22-9-2-1-3-10-23-15-7-8-18-12-19-15/h4-8,11-12,24H,1-3,9-10H2,(H2,17,21). The Morgan fingerprint density at radius 3 is 2.67 bits per heavy atom. The van der Waals surface area contributed by atoms with Crippen molar-refractivity contribution < 1.29 is 14.3 Å². The van der Waals surface area contributed by atoms with Crippen molar-refractivity contribution in [3.8, 4) is 11.6 Å². The number of carbonyl (C=O) groups excluding carboxylic acids is 1. The van der Waals surface area contributed by atoms with Gasteiger partial charge in [-0.1, -0.05) is 18.9 Å². The average Bonchev–Trinajstić information content (AvgIpc) is 2.61. The molecule has 0 fully saturated rings. The number of benzene rings is 1. The molecule has 1 aromatic heterocycles. The van der Waals surface area contributed by atoms with E-state index in [-0.39, 0.29) is 0 Å². The van der Waals surface area contributed by atoms with E-state index in [1.807, 2.05) is 6.07 Å². The molecule has 0 atom stereocenters. The molecule has 1 aromatic carbocycles. The average molecular weight is 348 g/mol. The Morgan fingerprint density at radius 2 is 1.96 bits per heavy atom. The number of amides is 2. The molecule has 0 radical (unpaired) electrons. The Labute approximate surface area is 146 Å². The number of hydrogen-bond acceptors (Lipinski definition) is 6. The first-order valence-electron chi connectivity index (χ1n) is 7.57. The van der Waals surface area contributed by atoms with Crippen LogP contribution in [0.3, 0.4) is 0 Å². The van der Waals surface area contributed by atoms with Crippen LogP contribution in [0, 0.1) is 0 Å². The highest BCUT2D eigenvalue weighted by atomic mass is 32.1. The lowest BCUT2D eigenvalue weighted by Gasteiger charge is -2.14. The van der Waals surface area contributed by atoms with Crippen LogP contribution in [0.15, 0.2) is 42.9 Å². The molecule has 2 rings (SSSR count). The summed E-state index contributed by atoms with van der Waals surface area (Å²) in [4.78, 5) is 18.9. The van der Waals surface area contributed by atoms with E-state index in [1.54, 1.807) is 30.5 Å². The molecule has 7 nitrogen and oxygen atoms in total. The lowest BCUT2D eigenvalue weighted by molar-refractivity contribution is 0.257. The third-order valence-corrected chi connectivity index (χ3v) is 3.56. The van der Waals surface area contributed by atoms with E-state index >= 15 is 0 Å². The van der Waals surface area contributed by atoms with Gasteiger partial charge in [0.05, 0.1) is 18.9 Å². The molecule has 2 amide bonds. The summed E-state index contributed by atoms with van der Waals surface area (Å²) in [6, 6.07) is 8.15. The summed E-state index contributed by atoms with van der Waals surface area (Å²) in [6.45, 7) is 1.19. The molecule has 128 valence electrons. The first kappa shape index (κ1) is 17.9. The van der Waals surface area contributed by atoms with E-state index < -0.39 is 6.03 Å². The van der Waals surface area contributed by atoms with Crippen molar-refractivity contribution in [2.45, 2.75) is 19.3 Å². The highest BCUT2D eigenvalue weighted by molar-refractivity contribution is 7.82. The van der Waals surface area contributed by atoms with Gasteiger partial charge in [-0.15, -0.1) is 0 Å². The van der Waals surface area contributed by atoms with Gasteiger partial charge in [-0.25, -0.2) is 19.1 Å². The summed E-state index contributed by atoms with van der Waals surface area (Å²) in [7, 11) is 0. The monoisotopic (exact) mass is 348 g/mol. The van der Waals surface area contributed by atoms with E-state index in [9.17, 15) is 4.79 Å². The van der Waals surface area contributed by atoms with Crippen molar-refractivity contribution in [2.24, 2.45) is 5.73 Å². The second-order valence-electron chi connectivity index (χ2n) is 4.95. The van der Waals surface area contributed by atoms with Crippen LogP contribution in [0.5, 0.6) is 11.6 Å². The Hall–Kier alpha value is -2.48. The Bertz CT molecular complexity index is 642. The summed E-state index contributed by atoms with van der Waals surface area (Å²) in [5.74, 6) is 1.26. The van der Waals surface area contributed by atoms with Gasteiger partial charge in [-0.3, -0.25) is 0 Å². The predicted octanol–water partition coefficient (Wildman–Crippen LogP) is 2.83. The number of rotatable bonds is 9. The van der Waals surface area contributed by atoms with Crippen molar-refractivity contribution in [2.75, 3.05) is 17.5 Å². The van der Waals surface area contributed by atoms with Crippen LogP contribution >= 0.6 is 12.8 Å². The molecule has 0 aliphatic heterocycles. The van der Waals surface area contributed by atoms with Gasteiger partial charge >= 0.3 is 6.03 Å². The smallest absolute Gasteiger partial charge is 0.329 e. The first-order valence-corrected chi connectivity index (χ1v) is 7.97. The lowest BCUT2D eigenvalue weighted by atomic mass is 10.2. The highest BCUT2D eigenvalue weighted by Crippen LogP contribution is 2.22. The van der Waals surface area contributed by atoms with E-state index in [0.29, 0.717) is 30.5 Å². The minimum Gasteiger partial charge on any atom is -0.494 e. The third-order valence-electron chi connectivity index (χ3n) is 3.13. The fraction of sp³-hybridized carbons (Fsp3) is 0.312. The SMILES string of the molecule is NC(=O)N(S)c1cccc(OCCCCCOc2ccncn2)c1. The molecule has 0 saturated carbocycles. The van der Waals surface area contributed by atoms with Crippen LogP contribution in [0.1, 0.15) is 19.3 Å². The summed E-state index contributed by atoms with van der Waals surface area (Å²) >= 11 is 4.02. The van der Waals surface area contributed by atoms with Crippen molar-refractivity contribution >= 4 is 24.5 Å². The van der Waals surface area contributed by atoms with Gasteiger partial charge in [-0.05, 0) is 31.4 Å². The maximum Gasteiger partial charge on any atom is 0.329 e. The molecular weight excluding hydrogens is 328 g/mol. The van der Waals surface area contributed by atoms with Crippen molar-refractivity contribution in [3.05, 3.63) is 42.9 Å². The largest absolute Gasteiger partial charge is 0.494 e. The number of nitrogens with zero attached hydrogens (tertiary/aromatic N) is 3. The maximum absolute atomic E-state index is 11.1. The lowest BCUT2D eigenvalue weighted by Crippen LogP contribution is -2.27. The van der Waals surface area contributed by atoms with E-state index in [2.05, 4.69) is 22.8 Å². The van der Waals surface area contributed by atoms with Gasteiger partial charge in [0.1, 0.15) is 12.1 Å². The zero-order chi connectivity index (χ0) is 17.2. The number of urea groups is 1. The van der Waals surface area contributed by atoms with Gasteiger partial charge in [0, 0.05) is 18.3 Å². The minimum atomic E-state index is -0.640. The number of hydrogen-bond donors (Lipinski definition) is 2. The highest BCUT2D eigenvalue weighted by Gasteiger charge is 2.08. The number of ether oxygens (including phenoxy) is 2. The van der Waals surface area contributed by atoms with E-state index in [1.165, 1.54) is 6.33 Å². The summed E-state index contributed by atoms with van der Waals surface area (Å²) in [6.07, 6.45) is 5.90. The summed E-state index contributed by atoms with van der Waals surface area (Å²) in [5.41, 5.74) is 5.75. The molecular formula is C16H20N4O3S. The van der Waals surface area contributed by atoms with Crippen LogP contribution in [0.4, 0.5) is 10.5 Å². The number of primary amides is 1. The third kappa shape index (κ3) is 5.96. The van der Waals surface area contributed by atoms with E-state index in [0.717, 1.165) is 23.6 Å². The van der Waals surface area contributed by atoms with Gasteiger partial charge in [-0.2, -0.15) is 0 Å². The second-order valence-corrected chi connectivity index (χ2v) is 5.35. The molecule has 1 heterocycles. The zero-order valence-corrected chi connectivity index (χ0v) is 14.1.